The molecule has 1 aliphatic carbocycles. The minimum Gasteiger partial charge on any atom is -0.338 e. The van der Waals surface area contributed by atoms with Gasteiger partial charge in [-0.2, -0.15) is 0 Å². The number of anilines is 1. The first-order chi connectivity index (χ1) is 12.0. The molecule has 0 radical (unpaired) electrons. The van der Waals surface area contributed by atoms with E-state index in [0.717, 1.165) is 19.4 Å². The number of fused-ring (bicyclic) bond motifs is 3. The van der Waals surface area contributed by atoms with E-state index in [2.05, 4.69) is 0 Å². The first-order valence-corrected chi connectivity index (χ1v) is 8.99. The molecule has 0 spiro atoms. The molecule has 1 aromatic carbocycles. The normalized spacial score (nSPS) is 25.9. The van der Waals surface area contributed by atoms with Crippen LogP contribution in [0.4, 0.5) is 5.69 Å². The molecule has 1 aromatic rings. The Bertz CT molecular complexity index is 732. The van der Waals surface area contributed by atoms with Crippen molar-refractivity contribution >= 4 is 23.4 Å². The highest BCUT2D eigenvalue weighted by Gasteiger charge is 2.39. The van der Waals surface area contributed by atoms with E-state index in [0.29, 0.717) is 23.2 Å². The smallest absolute Gasteiger partial charge is 0.256 e. The van der Waals surface area contributed by atoms with Crippen LogP contribution in [0.15, 0.2) is 24.3 Å². The van der Waals surface area contributed by atoms with E-state index in [9.17, 15) is 14.4 Å². The van der Waals surface area contributed by atoms with E-state index in [4.69, 9.17) is 0 Å². The highest BCUT2D eigenvalue weighted by Crippen LogP contribution is 2.35. The average molecular weight is 341 g/mol. The molecule has 2 aliphatic heterocycles. The van der Waals surface area contributed by atoms with Gasteiger partial charge in [0.05, 0.1) is 11.3 Å². The van der Waals surface area contributed by atoms with Crippen LogP contribution in [0.3, 0.4) is 0 Å². The summed E-state index contributed by atoms with van der Waals surface area (Å²) in [6.45, 7) is 0.726. The van der Waals surface area contributed by atoms with Gasteiger partial charge in [-0.3, -0.25) is 14.4 Å². The second-order valence-corrected chi connectivity index (χ2v) is 7.36. The molecule has 132 valence electrons. The first-order valence-electron chi connectivity index (χ1n) is 8.99. The molecule has 0 N–H and O–H groups in total. The standard InChI is InChI=1S/C19H23N3O3/c1-20-16-8-3-2-7-15(16)19(25)21(11-17(20)23)12-18(24)22-10-13-5-4-6-14(22)9-13/h2-3,7-8,13-14H,4-6,9-12H2,1H3/t13-,14+/m0/s1. The lowest BCUT2D eigenvalue weighted by Crippen LogP contribution is -2.46. The molecule has 25 heavy (non-hydrogen) atoms. The van der Waals surface area contributed by atoms with Crippen molar-refractivity contribution in [2.75, 3.05) is 31.6 Å². The number of para-hydroxylation sites is 1. The zero-order valence-electron chi connectivity index (χ0n) is 14.5. The molecular weight excluding hydrogens is 318 g/mol. The van der Waals surface area contributed by atoms with Crippen molar-refractivity contribution in [2.45, 2.75) is 31.7 Å². The third kappa shape index (κ3) is 2.79. The number of nitrogens with zero attached hydrogens (tertiary/aromatic N) is 3. The van der Waals surface area contributed by atoms with Crippen molar-refractivity contribution in [3.05, 3.63) is 29.8 Å². The summed E-state index contributed by atoms with van der Waals surface area (Å²) in [6, 6.07) is 7.39. The predicted molar refractivity (Wildman–Crippen MR) is 93.2 cm³/mol. The second kappa shape index (κ2) is 6.17. The van der Waals surface area contributed by atoms with Gasteiger partial charge in [0, 0.05) is 19.6 Å². The number of hydrogen-bond acceptors (Lipinski definition) is 3. The van der Waals surface area contributed by atoms with Crippen molar-refractivity contribution in [2.24, 2.45) is 5.92 Å². The number of benzene rings is 1. The minimum atomic E-state index is -0.246. The van der Waals surface area contributed by atoms with Crippen molar-refractivity contribution < 1.29 is 14.4 Å². The second-order valence-electron chi connectivity index (χ2n) is 7.36. The first kappa shape index (κ1) is 16.1. The Labute approximate surface area is 147 Å². The Morgan fingerprint density at radius 2 is 2.00 bits per heavy atom. The lowest BCUT2D eigenvalue weighted by Gasteiger charge is -2.27. The average Bonchev–Trinajstić information content (AvgIpc) is 2.89. The van der Waals surface area contributed by atoms with Gasteiger partial charge in [-0.15, -0.1) is 0 Å². The van der Waals surface area contributed by atoms with Gasteiger partial charge in [-0.05, 0) is 37.3 Å². The van der Waals surface area contributed by atoms with Gasteiger partial charge in [-0.25, -0.2) is 0 Å². The molecule has 4 rings (SSSR count). The number of likely N-dealkylation sites (tertiary alicyclic amines) is 1. The van der Waals surface area contributed by atoms with Crippen molar-refractivity contribution in [3.63, 3.8) is 0 Å². The molecule has 0 aromatic heterocycles. The van der Waals surface area contributed by atoms with Crippen LogP contribution in [0.2, 0.25) is 0 Å². The van der Waals surface area contributed by atoms with Crippen LogP contribution < -0.4 is 4.90 Å². The van der Waals surface area contributed by atoms with E-state index in [1.54, 1.807) is 31.3 Å². The van der Waals surface area contributed by atoms with E-state index in [1.807, 2.05) is 4.90 Å². The molecule has 2 heterocycles. The molecule has 0 unspecified atom stereocenters. The molecule has 1 saturated heterocycles. The van der Waals surface area contributed by atoms with Gasteiger partial charge in [-0.1, -0.05) is 18.6 Å². The molecule has 1 saturated carbocycles. The van der Waals surface area contributed by atoms with Crippen LogP contribution >= 0.6 is 0 Å². The fourth-order valence-electron chi connectivity index (χ4n) is 4.42. The fourth-order valence-corrected chi connectivity index (χ4v) is 4.42. The molecular formula is C19H23N3O3. The van der Waals surface area contributed by atoms with Gasteiger partial charge in [0.25, 0.3) is 5.91 Å². The Balaban J connectivity index is 1.55. The summed E-state index contributed by atoms with van der Waals surface area (Å²) in [7, 11) is 1.67. The van der Waals surface area contributed by atoms with Crippen molar-refractivity contribution in [1.82, 2.24) is 9.80 Å². The molecule has 3 amide bonds. The molecule has 2 bridgehead atoms. The van der Waals surface area contributed by atoms with Crippen LogP contribution in [0.1, 0.15) is 36.0 Å². The number of rotatable bonds is 2. The summed E-state index contributed by atoms with van der Waals surface area (Å²) in [6.07, 6.45) is 4.52. The van der Waals surface area contributed by atoms with E-state index >= 15 is 0 Å². The minimum absolute atomic E-state index is 0.0179. The van der Waals surface area contributed by atoms with Crippen LogP contribution in [-0.2, 0) is 9.59 Å². The summed E-state index contributed by atoms with van der Waals surface area (Å²) in [4.78, 5) is 43.0. The van der Waals surface area contributed by atoms with Crippen LogP contribution in [0.25, 0.3) is 0 Å². The van der Waals surface area contributed by atoms with Crippen LogP contribution in [0, 0.1) is 5.92 Å². The van der Waals surface area contributed by atoms with Crippen LogP contribution in [-0.4, -0.2) is 60.2 Å². The molecule has 3 aliphatic rings. The molecule has 6 nitrogen and oxygen atoms in total. The molecule has 2 atom stereocenters. The van der Waals surface area contributed by atoms with Crippen molar-refractivity contribution in [1.29, 1.82) is 0 Å². The Hall–Kier alpha value is -2.37. The summed E-state index contributed by atoms with van der Waals surface area (Å²) in [5.41, 5.74) is 1.08. The molecule has 2 fully saturated rings. The van der Waals surface area contributed by atoms with Gasteiger partial charge in [0.2, 0.25) is 11.8 Å². The van der Waals surface area contributed by atoms with E-state index in [-0.39, 0.29) is 30.8 Å². The highest BCUT2D eigenvalue weighted by atomic mass is 16.2. The number of hydrogen-bond donors (Lipinski definition) is 0. The largest absolute Gasteiger partial charge is 0.338 e. The summed E-state index contributed by atoms with van der Waals surface area (Å²) in [5.74, 6) is 0.156. The maximum Gasteiger partial charge on any atom is 0.256 e. The maximum absolute atomic E-state index is 12.9. The van der Waals surface area contributed by atoms with Gasteiger partial charge < -0.3 is 14.7 Å². The Morgan fingerprint density at radius 3 is 2.80 bits per heavy atom. The summed E-state index contributed by atoms with van der Waals surface area (Å²) in [5, 5.41) is 0. The molecule has 6 heteroatoms. The van der Waals surface area contributed by atoms with Crippen molar-refractivity contribution in [3.8, 4) is 0 Å². The zero-order valence-corrected chi connectivity index (χ0v) is 14.5. The fraction of sp³-hybridized carbons (Fsp3) is 0.526. The Morgan fingerprint density at radius 1 is 1.20 bits per heavy atom. The lowest BCUT2D eigenvalue weighted by atomic mass is 9.90. The van der Waals surface area contributed by atoms with E-state index < -0.39 is 0 Å². The third-order valence-electron chi connectivity index (χ3n) is 5.78. The maximum atomic E-state index is 12.9. The predicted octanol–water partition coefficient (Wildman–Crippen LogP) is 1.51. The number of carbonyl (C=O) groups excluding carboxylic acids is 3. The zero-order chi connectivity index (χ0) is 17.6. The third-order valence-corrected chi connectivity index (χ3v) is 5.78. The SMILES string of the molecule is CN1C(=O)CN(CC(=O)N2C[C@H]3CCC[C@@H]2C3)C(=O)c2ccccc21. The lowest BCUT2D eigenvalue weighted by molar-refractivity contribution is -0.133. The number of carbonyl (C=O) groups is 3. The number of likely N-dealkylation sites (N-methyl/N-ethyl adjacent to an activating group) is 1. The quantitative estimate of drug-likeness (QED) is 0.819. The van der Waals surface area contributed by atoms with Gasteiger partial charge in [0.1, 0.15) is 13.1 Å². The van der Waals surface area contributed by atoms with E-state index in [1.165, 1.54) is 22.6 Å². The van der Waals surface area contributed by atoms with Crippen LogP contribution in [0.5, 0.6) is 0 Å². The Kier molecular flexibility index (Phi) is 3.98. The highest BCUT2D eigenvalue weighted by molar-refractivity contribution is 6.10. The topological polar surface area (TPSA) is 60.9 Å². The number of amides is 3. The van der Waals surface area contributed by atoms with Gasteiger partial charge >= 0.3 is 0 Å². The summed E-state index contributed by atoms with van der Waals surface area (Å²) < 4.78 is 0. The monoisotopic (exact) mass is 341 g/mol. The van der Waals surface area contributed by atoms with Gasteiger partial charge in [0.15, 0.2) is 0 Å². The summed E-state index contributed by atoms with van der Waals surface area (Å²) >= 11 is 0.